The molecule has 1 aromatic heterocycles. The Hall–Kier alpha value is -2.89. The van der Waals surface area contributed by atoms with Crippen LogP contribution >= 0.6 is 11.6 Å². The van der Waals surface area contributed by atoms with Gasteiger partial charge in [0.15, 0.2) is 5.15 Å². The van der Waals surface area contributed by atoms with Crippen LogP contribution in [0.4, 0.5) is 0 Å². The number of aliphatic hydroxyl groups excluding tert-OH is 1. The van der Waals surface area contributed by atoms with E-state index in [1.54, 1.807) is 6.07 Å². The van der Waals surface area contributed by atoms with Crippen molar-refractivity contribution >= 4 is 23.6 Å². The summed E-state index contributed by atoms with van der Waals surface area (Å²) in [6.07, 6.45) is 6.00. The molecular formula is C24H25ClN2O3. The number of unbranched alkanes of at least 4 members (excludes halogenated alkanes) is 1. The predicted molar refractivity (Wildman–Crippen MR) is 119 cm³/mol. The first-order chi connectivity index (χ1) is 14.6. The van der Waals surface area contributed by atoms with Gasteiger partial charge in [-0.1, -0.05) is 73.5 Å². The zero-order valence-electron chi connectivity index (χ0n) is 17.1. The second-order valence-corrected chi connectivity index (χ2v) is 7.23. The summed E-state index contributed by atoms with van der Waals surface area (Å²) in [6.45, 7) is 2.46. The molecule has 0 radical (unpaired) electrons. The molecule has 0 spiro atoms. The van der Waals surface area contributed by atoms with Gasteiger partial charge in [-0.15, -0.1) is 0 Å². The number of imidazole rings is 1. The minimum absolute atomic E-state index is 0.183. The van der Waals surface area contributed by atoms with Gasteiger partial charge in [-0.3, -0.25) is 0 Å². The van der Waals surface area contributed by atoms with Crippen LogP contribution in [0.3, 0.4) is 0 Å². The first-order valence-corrected chi connectivity index (χ1v) is 10.3. The quantitative estimate of drug-likeness (QED) is 0.495. The molecular weight excluding hydrogens is 400 g/mol. The fraction of sp³-hybridized carbons (Fsp3) is 0.250. The number of hydrogen-bond donors (Lipinski definition) is 1. The average molecular weight is 425 g/mol. The molecule has 1 N–H and O–H groups in total. The topological polar surface area (TPSA) is 64.4 Å². The first-order valence-electron chi connectivity index (χ1n) is 9.88. The minimum Gasteiger partial charge on any atom is -0.465 e. The van der Waals surface area contributed by atoms with Crippen molar-refractivity contribution < 1.29 is 14.6 Å². The highest BCUT2D eigenvalue weighted by Crippen LogP contribution is 2.26. The van der Waals surface area contributed by atoms with Crippen LogP contribution in [-0.4, -0.2) is 27.7 Å². The molecule has 0 saturated carbocycles. The van der Waals surface area contributed by atoms with Gasteiger partial charge >= 0.3 is 5.97 Å². The van der Waals surface area contributed by atoms with Crippen LogP contribution in [0, 0.1) is 0 Å². The van der Waals surface area contributed by atoms with E-state index in [-0.39, 0.29) is 12.6 Å². The van der Waals surface area contributed by atoms with E-state index in [1.165, 1.54) is 7.11 Å². The van der Waals surface area contributed by atoms with Gasteiger partial charge in [0.1, 0.15) is 5.82 Å². The molecule has 0 atom stereocenters. The lowest BCUT2D eigenvalue weighted by Gasteiger charge is -2.11. The molecule has 0 saturated heterocycles. The normalized spacial score (nSPS) is 11.2. The largest absolute Gasteiger partial charge is 0.465 e. The Morgan fingerprint density at radius 1 is 1.20 bits per heavy atom. The van der Waals surface area contributed by atoms with E-state index in [1.807, 2.05) is 53.1 Å². The van der Waals surface area contributed by atoms with Crippen molar-refractivity contribution in [1.29, 1.82) is 0 Å². The standard InChI is InChI=1S/C24H25ClN2O3/c1-3-4-5-10-22-26-23(25)21(16-28)27(22)15-17-11-13-18(14-12-17)19-8-6-7-9-20(19)24(29)30-2/h5-14,28H,3-4,15-16H2,1-2H3/b10-5-. The van der Waals surface area contributed by atoms with Gasteiger partial charge in [-0.05, 0) is 35.3 Å². The molecule has 0 aliphatic heterocycles. The van der Waals surface area contributed by atoms with E-state index in [9.17, 15) is 9.90 Å². The fourth-order valence-corrected chi connectivity index (χ4v) is 3.53. The number of allylic oxidation sites excluding steroid dienone is 1. The lowest BCUT2D eigenvalue weighted by atomic mass is 9.98. The third-order valence-corrected chi connectivity index (χ3v) is 5.17. The summed E-state index contributed by atoms with van der Waals surface area (Å²) in [5.41, 5.74) is 3.89. The number of methoxy groups -OCH3 is 1. The van der Waals surface area contributed by atoms with E-state index >= 15 is 0 Å². The van der Waals surface area contributed by atoms with Gasteiger partial charge in [0.2, 0.25) is 0 Å². The highest BCUT2D eigenvalue weighted by atomic mass is 35.5. The van der Waals surface area contributed by atoms with Crippen LogP contribution < -0.4 is 0 Å². The van der Waals surface area contributed by atoms with Gasteiger partial charge in [0, 0.05) is 6.54 Å². The van der Waals surface area contributed by atoms with Gasteiger partial charge < -0.3 is 14.4 Å². The molecule has 30 heavy (non-hydrogen) atoms. The lowest BCUT2D eigenvalue weighted by molar-refractivity contribution is 0.0601. The predicted octanol–water partition coefficient (Wildman–Crippen LogP) is 5.34. The van der Waals surface area contributed by atoms with Gasteiger partial charge in [0.05, 0.1) is 25.0 Å². The van der Waals surface area contributed by atoms with Crippen LogP contribution in [0.1, 0.15) is 47.2 Å². The van der Waals surface area contributed by atoms with Gasteiger partial charge in [-0.2, -0.15) is 0 Å². The molecule has 3 aromatic rings. The van der Waals surface area contributed by atoms with Crippen molar-refractivity contribution in [2.45, 2.75) is 32.9 Å². The average Bonchev–Trinajstić information content (AvgIpc) is 3.07. The van der Waals surface area contributed by atoms with E-state index in [0.717, 1.165) is 35.4 Å². The minimum atomic E-state index is -0.362. The second-order valence-electron chi connectivity index (χ2n) is 6.88. The second kappa shape index (κ2) is 10.2. The third-order valence-electron chi connectivity index (χ3n) is 4.86. The Labute approximate surface area is 181 Å². The number of carbonyl (C=O) groups is 1. The van der Waals surface area contributed by atoms with Crippen LogP contribution in [0.15, 0.2) is 54.6 Å². The number of hydrogen-bond acceptors (Lipinski definition) is 4. The number of ether oxygens (including phenoxy) is 1. The summed E-state index contributed by atoms with van der Waals surface area (Å²) < 4.78 is 6.81. The highest BCUT2D eigenvalue weighted by molar-refractivity contribution is 6.30. The van der Waals surface area contributed by atoms with Gasteiger partial charge in [-0.25, -0.2) is 9.78 Å². The summed E-state index contributed by atoms with van der Waals surface area (Å²) >= 11 is 6.23. The molecule has 2 aromatic carbocycles. The molecule has 0 unspecified atom stereocenters. The third kappa shape index (κ3) is 4.81. The summed E-state index contributed by atoms with van der Waals surface area (Å²) in [7, 11) is 1.38. The Balaban J connectivity index is 1.90. The molecule has 3 rings (SSSR count). The number of halogens is 1. The number of aliphatic hydroxyl groups is 1. The van der Waals surface area contributed by atoms with E-state index in [2.05, 4.69) is 18.0 Å². The maximum atomic E-state index is 12.1. The first kappa shape index (κ1) is 21.8. The van der Waals surface area contributed by atoms with Crippen LogP contribution in [0.2, 0.25) is 5.15 Å². The van der Waals surface area contributed by atoms with Crippen LogP contribution in [-0.2, 0) is 17.9 Å². The number of esters is 1. The monoisotopic (exact) mass is 424 g/mol. The number of rotatable bonds is 8. The number of aromatic nitrogens is 2. The van der Waals surface area contributed by atoms with Gasteiger partial charge in [0.25, 0.3) is 0 Å². The maximum absolute atomic E-state index is 12.1. The van der Waals surface area contributed by atoms with E-state index in [0.29, 0.717) is 23.0 Å². The number of benzene rings is 2. The zero-order valence-corrected chi connectivity index (χ0v) is 17.9. The number of nitrogens with zero attached hydrogens (tertiary/aromatic N) is 2. The Kier molecular flexibility index (Phi) is 7.44. The highest BCUT2D eigenvalue weighted by Gasteiger charge is 2.15. The summed E-state index contributed by atoms with van der Waals surface area (Å²) in [5, 5.41) is 10.1. The molecule has 0 aliphatic rings. The van der Waals surface area contributed by atoms with Crippen molar-refractivity contribution in [3.63, 3.8) is 0 Å². The molecule has 0 aliphatic carbocycles. The smallest absolute Gasteiger partial charge is 0.338 e. The van der Waals surface area contributed by atoms with Crippen molar-refractivity contribution in [3.8, 4) is 11.1 Å². The van der Waals surface area contributed by atoms with Crippen LogP contribution in [0.25, 0.3) is 17.2 Å². The maximum Gasteiger partial charge on any atom is 0.338 e. The molecule has 156 valence electrons. The van der Waals surface area contributed by atoms with Crippen LogP contribution in [0.5, 0.6) is 0 Å². The molecule has 0 fully saturated rings. The lowest BCUT2D eigenvalue weighted by Crippen LogP contribution is -2.07. The van der Waals surface area contributed by atoms with Crippen molar-refractivity contribution in [3.05, 3.63) is 82.4 Å². The Morgan fingerprint density at radius 2 is 1.93 bits per heavy atom. The van der Waals surface area contributed by atoms with Crippen molar-refractivity contribution in [1.82, 2.24) is 9.55 Å². The molecule has 0 amide bonds. The zero-order chi connectivity index (χ0) is 21.5. The molecule has 5 nitrogen and oxygen atoms in total. The molecule has 1 heterocycles. The SMILES string of the molecule is CCC/C=C\c1nc(Cl)c(CO)n1Cc1ccc(-c2ccccc2C(=O)OC)cc1. The fourth-order valence-electron chi connectivity index (χ4n) is 3.28. The summed E-state index contributed by atoms with van der Waals surface area (Å²) in [4.78, 5) is 16.4. The van der Waals surface area contributed by atoms with E-state index in [4.69, 9.17) is 16.3 Å². The Bertz CT molecular complexity index is 1040. The summed E-state index contributed by atoms with van der Waals surface area (Å²) in [6, 6.07) is 15.3. The number of carbonyl (C=O) groups excluding carboxylic acids is 1. The molecule has 6 heteroatoms. The van der Waals surface area contributed by atoms with E-state index < -0.39 is 0 Å². The van der Waals surface area contributed by atoms with Crippen molar-refractivity contribution in [2.75, 3.05) is 7.11 Å². The molecule has 0 bridgehead atoms. The van der Waals surface area contributed by atoms with Crippen molar-refractivity contribution in [2.24, 2.45) is 0 Å². The summed E-state index contributed by atoms with van der Waals surface area (Å²) in [5.74, 6) is 0.358. The Morgan fingerprint density at radius 3 is 2.60 bits per heavy atom.